The Morgan fingerprint density at radius 2 is 1.80 bits per heavy atom. The summed E-state index contributed by atoms with van der Waals surface area (Å²) in [5.74, 6) is -1.64. The number of phenols is 1. The molecule has 2 aromatic rings. The van der Waals surface area contributed by atoms with Crippen LogP contribution in [0.2, 0.25) is 0 Å². The van der Waals surface area contributed by atoms with Crippen LogP contribution >= 0.6 is 11.3 Å². The molecular weight excluding hydrogens is 476 g/mol. The third kappa shape index (κ3) is 8.91. The van der Waals surface area contributed by atoms with Crippen molar-refractivity contribution in [2.45, 2.75) is 45.9 Å². The van der Waals surface area contributed by atoms with E-state index in [9.17, 15) is 24.3 Å². The molecular formula is C23H30N4O7S. The number of urea groups is 1. The van der Waals surface area contributed by atoms with Crippen molar-refractivity contribution in [3.63, 3.8) is 0 Å². The Morgan fingerprint density at radius 1 is 1.09 bits per heavy atom. The van der Waals surface area contributed by atoms with Crippen molar-refractivity contribution in [3.8, 4) is 5.75 Å². The number of carbonyl (C=O) groups excluding carboxylic acids is 4. The fourth-order valence-corrected chi connectivity index (χ4v) is 3.74. The third-order valence-corrected chi connectivity index (χ3v) is 5.65. The van der Waals surface area contributed by atoms with Gasteiger partial charge in [0.2, 0.25) is 0 Å². The quantitative estimate of drug-likeness (QED) is 0.257. The summed E-state index contributed by atoms with van der Waals surface area (Å²) in [4.78, 5) is 55.1. The lowest BCUT2D eigenvalue weighted by Crippen LogP contribution is -2.51. The molecule has 5 N–H and O–H groups in total. The molecule has 0 bridgehead atoms. The van der Waals surface area contributed by atoms with E-state index in [0.717, 1.165) is 24.0 Å². The molecule has 11 nitrogen and oxygen atoms in total. The van der Waals surface area contributed by atoms with Crippen LogP contribution in [0.25, 0.3) is 0 Å². The number of aryl methyl sites for hydroxylation is 1. The van der Waals surface area contributed by atoms with Crippen LogP contribution in [0.4, 0.5) is 4.79 Å². The molecule has 12 heteroatoms. The van der Waals surface area contributed by atoms with E-state index in [1.165, 1.54) is 12.1 Å². The number of ether oxygens (including phenoxy) is 1. The van der Waals surface area contributed by atoms with E-state index in [4.69, 9.17) is 9.57 Å². The highest BCUT2D eigenvalue weighted by Crippen LogP contribution is 2.22. The Kier molecular flexibility index (Phi) is 9.60. The van der Waals surface area contributed by atoms with Crippen LogP contribution in [0.3, 0.4) is 0 Å². The molecule has 4 amide bonds. The van der Waals surface area contributed by atoms with Crippen LogP contribution in [-0.4, -0.2) is 54.2 Å². The summed E-state index contributed by atoms with van der Waals surface area (Å²) in [6, 6.07) is 6.20. The molecule has 0 aliphatic heterocycles. The molecule has 0 radical (unpaired) electrons. The lowest BCUT2D eigenvalue weighted by Gasteiger charge is -2.20. The fourth-order valence-electron chi connectivity index (χ4n) is 2.74. The first-order chi connectivity index (χ1) is 16.4. The number of aromatic hydroxyl groups is 1. The topological polar surface area (TPSA) is 155 Å². The monoisotopic (exact) mass is 506 g/mol. The van der Waals surface area contributed by atoms with Gasteiger partial charge in [-0.2, -0.15) is 0 Å². The molecule has 1 aromatic carbocycles. The second kappa shape index (κ2) is 12.2. The lowest BCUT2D eigenvalue weighted by molar-refractivity contribution is -0.142. The van der Waals surface area contributed by atoms with Crippen LogP contribution in [0.1, 0.15) is 51.2 Å². The number of benzene rings is 1. The first kappa shape index (κ1) is 27.6. The summed E-state index contributed by atoms with van der Waals surface area (Å²) in [5, 5.41) is 17.2. The Balaban J connectivity index is 2.00. The van der Waals surface area contributed by atoms with E-state index in [-0.39, 0.29) is 29.6 Å². The molecule has 0 aliphatic carbocycles. The first-order valence-electron chi connectivity index (χ1n) is 10.7. The zero-order valence-electron chi connectivity index (χ0n) is 20.2. The number of esters is 1. The van der Waals surface area contributed by atoms with E-state index in [1.807, 2.05) is 0 Å². The number of rotatable bonds is 9. The van der Waals surface area contributed by atoms with Crippen molar-refractivity contribution in [2.24, 2.45) is 0 Å². The zero-order valence-corrected chi connectivity index (χ0v) is 21.0. The highest BCUT2D eigenvalue weighted by atomic mass is 32.1. The van der Waals surface area contributed by atoms with Gasteiger partial charge in [-0.15, -0.1) is 11.3 Å². The molecule has 1 heterocycles. The summed E-state index contributed by atoms with van der Waals surface area (Å²) < 4.78 is 4.72. The Labute approximate surface area is 207 Å². The SMILES string of the molecule is COC(=O)[C@H](CNC(=O)NOC(C)(C)C)NC(=O)c1sc(C(=O)NCc2cccc(O)c2)cc1C. The van der Waals surface area contributed by atoms with Crippen LogP contribution in [-0.2, 0) is 20.9 Å². The standard InChI is InChI=1S/C23H30N4O7S/c1-13-9-17(19(29)24-11-14-7-6-8-15(28)10-14)35-18(13)20(30)26-16(21(31)33-5)12-25-22(32)27-34-23(2,3)4/h6-10,16,28H,11-12H2,1-5H3,(H,24,29)(H,26,30)(H2,25,27,32)/t16-/m0/s1. The second-order valence-corrected chi connectivity index (χ2v) is 9.60. The van der Waals surface area contributed by atoms with Crippen molar-refractivity contribution in [2.75, 3.05) is 13.7 Å². The Hall–Kier alpha value is -3.64. The summed E-state index contributed by atoms with van der Waals surface area (Å²) in [7, 11) is 1.16. The van der Waals surface area contributed by atoms with Crippen LogP contribution in [0.15, 0.2) is 30.3 Å². The number of phenolic OH excluding ortho intramolecular Hbond substituents is 1. The highest BCUT2D eigenvalue weighted by Gasteiger charge is 2.26. The molecule has 190 valence electrons. The first-order valence-corrected chi connectivity index (χ1v) is 11.5. The van der Waals surface area contributed by atoms with Crippen molar-refractivity contribution < 1.29 is 33.9 Å². The maximum atomic E-state index is 12.8. The van der Waals surface area contributed by atoms with Gasteiger partial charge in [-0.1, -0.05) is 12.1 Å². The summed E-state index contributed by atoms with van der Waals surface area (Å²) in [6.45, 7) is 6.85. The van der Waals surface area contributed by atoms with Gasteiger partial charge in [0, 0.05) is 6.54 Å². The molecule has 1 atom stereocenters. The van der Waals surface area contributed by atoms with Crippen molar-refractivity contribution in [3.05, 3.63) is 51.2 Å². The molecule has 2 rings (SSSR count). The average Bonchev–Trinajstić information content (AvgIpc) is 3.19. The highest BCUT2D eigenvalue weighted by molar-refractivity contribution is 7.16. The van der Waals surface area contributed by atoms with Gasteiger partial charge in [0.25, 0.3) is 11.8 Å². The molecule has 0 fully saturated rings. The summed E-state index contributed by atoms with van der Waals surface area (Å²) >= 11 is 0.965. The number of nitrogens with one attached hydrogen (secondary N) is 4. The van der Waals surface area contributed by atoms with E-state index >= 15 is 0 Å². The predicted octanol–water partition coefficient (Wildman–Crippen LogP) is 1.99. The molecule has 0 saturated carbocycles. The smallest absolute Gasteiger partial charge is 0.338 e. The van der Waals surface area contributed by atoms with Crippen molar-refractivity contribution >= 4 is 35.2 Å². The number of hydrogen-bond donors (Lipinski definition) is 5. The molecule has 0 unspecified atom stereocenters. The normalized spacial score (nSPS) is 11.8. The van der Waals surface area contributed by atoms with Gasteiger partial charge in [0.1, 0.15) is 11.8 Å². The Morgan fingerprint density at radius 3 is 2.43 bits per heavy atom. The fraction of sp³-hybridized carbons (Fsp3) is 0.391. The largest absolute Gasteiger partial charge is 0.508 e. The van der Waals surface area contributed by atoms with Gasteiger partial charge in [0.15, 0.2) is 0 Å². The number of thiophene rings is 1. The number of hydrogen-bond acceptors (Lipinski definition) is 8. The summed E-state index contributed by atoms with van der Waals surface area (Å²) in [5.41, 5.74) is 2.85. The van der Waals surface area contributed by atoms with Gasteiger partial charge in [-0.25, -0.2) is 15.1 Å². The lowest BCUT2D eigenvalue weighted by atomic mass is 10.2. The minimum absolute atomic E-state index is 0.0940. The number of methoxy groups -OCH3 is 1. The number of hydroxylamine groups is 1. The predicted molar refractivity (Wildman–Crippen MR) is 129 cm³/mol. The van der Waals surface area contributed by atoms with Crippen molar-refractivity contribution in [1.82, 2.24) is 21.4 Å². The van der Waals surface area contributed by atoms with E-state index in [2.05, 4.69) is 21.4 Å². The molecule has 0 aliphatic rings. The second-order valence-electron chi connectivity index (χ2n) is 8.55. The van der Waals surface area contributed by atoms with Gasteiger partial charge in [-0.05, 0) is 57.0 Å². The third-order valence-electron chi connectivity index (χ3n) is 4.42. The molecule has 1 aromatic heterocycles. The van der Waals surface area contributed by atoms with Crippen LogP contribution in [0, 0.1) is 6.92 Å². The van der Waals surface area contributed by atoms with E-state index < -0.39 is 29.6 Å². The van der Waals surface area contributed by atoms with Gasteiger partial charge in [0.05, 0.1) is 29.0 Å². The zero-order chi connectivity index (χ0) is 26.2. The Bertz CT molecular complexity index is 1080. The van der Waals surface area contributed by atoms with Crippen molar-refractivity contribution in [1.29, 1.82) is 0 Å². The molecule has 35 heavy (non-hydrogen) atoms. The number of carbonyl (C=O) groups is 4. The summed E-state index contributed by atoms with van der Waals surface area (Å²) in [6.07, 6.45) is 0. The van der Waals surface area contributed by atoms with Gasteiger partial charge < -0.3 is 25.8 Å². The maximum absolute atomic E-state index is 12.8. The minimum atomic E-state index is -1.17. The maximum Gasteiger partial charge on any atom is 0.338 e. The van der Waals surface area contributed by atoms with Gasteiger partial charge >= 0.3 is 12.0 Å². The van der Waals surface area contributed by atoms with Crippen LogP contribution < -0.4 is 21.4 Å². The van der Waals surface area contributed by atoms with E-state index in [1.54, 1.807) is 45.9 Å². The minimum Gasteiger partial charge on any atom is -0.508 e. The average molecular weight is 507 g/mol. The van der Waals surface area contributed by atoms with Gasteiger partial charge in [-0.3, -0.25) is 14.4 Å². The number of amides is 4. The van der Waals surface area contributed by atoms with Crippen LogP contribution in [0.5, 0.6) is 5.75 Å². The van der Waals surface area contributed by atoms with E-state index in [0.29, 0.717) is 10.4 Å². The molecule has 0 saturated heterocycles. The molecule has 0 spiro atoms.